The van der Waals surface area contributed by atoms with Crippen LogP contribution in [0.15, 0.2) is 97.6 Å². The third-order valence-corrected chi connectivity index (χ3v) is 4.93. The zero-order valence-corrected chi connectivity index (χ0v) is 14.4. The van der Waals surface area contributed by atoms with Crippen molar-refractivity contribution in [2.45, 2.75) is 11.5 Å². The van der Waals surface area contributed by atoms with E-state index in [1.807, 2.05) is 91.0 Å². The predicted octanol–water partition coefficient (Wildman–Crippen LogP) is 4.92. The molecule has 128 valence electrons. The molecule has 4 rings (SSSR count). The van der Waals surface area contributed by atoms with E-state index in [1.165, 1.54) is 0 Å². The lowest BCUT2D eigenvalue weighted by atomic mass is 9.75. The minimum Gasteiger partial charge on any atom is -0.367 e. The monoisotopic (exact) mass is 340 g/mol. The normalized spacial score (nSPS) is 19.3. The van der Waals surface area contributed by atoms with Gasteiger partial charge in [0.2, 0.25) is 0 Å². The fourth-order valence-corrected chi connectivity index (χ4v) is 3.76. The van der Waals surface area contributed by atoms with E-state index in [0.29, 0.717) is 0 Å². The summed E-state index contributed by atoms with van der Waals surface area (Å²) in [5.74, 6) is -0.302. The van der Waals surface area contributed by atoms with Crippen LogP contribution < -0.4 is 10.6 Å². The predicted molar refractivity (Wildman–Crippen MR) is 106 cm³/mol. The number of hydrogen-bond acceptors (Lipinski definition) is 2. The number of anilines is 2. The van der Waals surface area contributed by atoms with E-state index in [4.69, 9.17) is 0 Å². The first-order chi connectivity index (χ1) is 12.8. The van der Waals surface area contributed by atoms with Crippen LogP contribution in [0.1, 0.15) is 17.0 Å². The van der Waals surface area contributed by atoms with Crippen LogP contribution in [0, 0.1) is 0 Å². The number of carbonyl (C=O) groups excluding carboxylic acids is 1. The number of fused-ring (bicyclic) bond motifs is 1. The van der Waals surface area contributed by atoms with Crippen molar-refractivity contribution in [3.05, 3.63) is 109 Å². The van der Waals surface area contributed by atoms with Gasteiger partial charge in [-0.3, -0.25) is 4.79 Å². The number of benzene rings is 3. The lowest BCUT2D eigenvalue weighted by molar-refractivity contribution is -0.120. The van der Waals surface area contributed by atoms with Gasteiger partial charge in [-0.1, -0.05) is 72.8 Å². The molecule has 0 unspecified atom stereocenters. The Morgan fingerprint density at radius 1 is 0.885 bits per heavy atom. The Morgan fingerprint density at radius 2 is 1.50 bits per heavy atom. The van der Waals surface area contributed by atoms with Gasteiger partial charge < -0.3 is 10.6 Å². The molecule has 1 aliphatic rings. The van der Waals surface area contributed by atoms with Gasteiger partial charge in [0, 0.05) is 22.9 Å². The Balaban J connectivity index is 1.93. The Hall–Kier alpha value is -3.33. The van der Waals surface area contributed by atoms with Gasteiger partial charge in [-0.05, 0) is 23.8 Å². The van der Waals surface area contributed by atoms with E-state index in [2.05, 4.69) is 17.2 Å². The molecule has 0 aliphatic carbocycles. The van der Waals surface area contributed by atoms with Gasteiger partial charge in [0.25, 0.3) is 5.91 Å². The van der Waals surface area contributed by atoms with Gasteiger partial charge in [-0.2, -0.15) is 0 Å². The third kappa shape index (κ3) is 2.49. The van der Waals surface area contributed by atoms with Gasteiger partial charge in [0.15, 0.2) is 5.54 Å². The molecular weight excluding hydrogens is 320 g/mol. The van der Waals surface area contributed by atoms with Crippen molar-refractivity contribution in [3.63, 3.8) is 0 Å². The summed E-state index contributed by atoms with van der Waals surface area (Å²) in [6.45, 7) is 4.06. The summed E-state index contributed by atoms with van der Waals surface area (Å²) >= 11 is 0. The van der Waals surface area contributed by atoms with E-state index >= 15 is 0 Å². The molecule has 1 heterocycles. The molecule has 2 N–H and O–H groups in total. The number of rotatable bonds is 5. The van der Waals surface area contributed by atoms with E-state index in [0.717, 1.165) is 22.5 Å². The Morgan fingerprint density at radius 3 is 2.19 bits per heavy atom. The van der Waals surface area contributed by atoms with E-state index in [1.54, 1.807) is 0 Å². The highest BCUT2D eigenvalue weighted by Gasteiger charge is 2.52. The third-order valence-electron chi connectivity index (χ3n) is 4.93. The maximum atomic E-state index is 13.3. The molecule has 0 bridgehead atoms. The topological polar surface area (TPSA) is 41.1 Å². The lowest BCUT2D eigenvalue weighted by Gasteiger charge is -2.36. The van der Waals surface area contributed by atoms with Crippen molar-refractivity contribution in [3.8, 4) is 0 Å². The van der Waals surface area contributed by atoms with Crippen LogP contribution in [0.4, 0.5) is 11.4 Å². The maximum absolute atomic E-state index is 13.3. The molecule has 1 amide bonds. The van der Waals surface area contributed by atoms with Gasteiger partial charge in [0.05, 0.1) is 0 Å². The highest BCUT2D eigenvalue weighted by Crippen LogP contribution is 2.48. The highest BCUT2D eigenvalue weighted by molar-refractivity contribution is 6.08. The van der Waals surface area contributed by atoms with Crippen LogP contribution in [0.25, 0.3) is 0 Å². The molecule has 0 saturated carbocycles. The van der Waals surface area contributed by atoms with Gasteiger partial charge in [-0.15, -0.1) is 6.58 Å². The molecule has 26 heavy (non-hydrogen) atoms. The Bertz CT molecular complexity index is 937. The largest absolute Gasteiger partial charge is 0.367 e. The molecule has 0 radical (unpaired) electrons. The first-order valence-corrected chi connectivity index (χ1v) is 8.67. The van der Waals surface area contributed by atoms with E-state index in [9.17, 15) is 4.79 Å². The number of carbonyl (C=O) groups is 1. The molecule has 0 saturated heterocycles. The molecule has 0 spiro atoms. The summed E-state index contributed by atoms with van der Waals surface area (Å²) in [5, 5.41) is 6.57. The summed E-state index contributed by atoms with van der Waals surface area (Å²) in [5.41, 5.74) is 2.74. The smallest absolute Gasteiger partial charge is 0.255 e. The van der Waals surface area contributed by atoms with Gasteiger partial charge >= 0.3 is 0 Å². The summed E-state index contributed by atoms with van der Waals surface area (Å²) in [4.78, 5) is 13.3. The second-order valence-corrected chi connectivity index (χ2v) is 6.42. The highest BCUT2D eigenvalue weighted by atomic mass is 16.2. The van der Waals surface area contributed by atoms with Crippen LogP contribution >= 0.6 is 0 Å². The number of amides is 1. The fourth-order valence-electron chi connectivity index (χ4n) is 3.76. The fraction of sp³-hybridized carbons (Fsp3) is 0.0870. The summed E-state index contributed by atoms with van der Waals surface area (Å²) in [6.07, 6.45) is 1.85. The van der Waals surface area contributed by atoms with Crippen LogP contribution in [0.3, 0.4) is 0 Å². The average Bonchev–Trinajstić information content (AvgIpc) is 2.96. The molecule has 3 aromatic carbocycles. The molecule has 1 aliphatic heterocycles. The quantitative estimate of drug-likeness (QED) is 0.648. The van der Waals surface area contributed by atoms with Gasteiger partial charge in [-0.25, -0.2) is 0 Å². The SMILES string of the molecule is C=C[C@@H](c1ccccc1)[C@]1(Nc2ccccc2)C(=O)Nc2ccccc21. The van der Waals surface area contributed by atoms with Crippen molar-refractivity contribution in [1.29, 1.82) is 0 Å². The minimum absolute atomic E-state index is 0.0729. The van der Waals surface area contributed by atoms with E-state index < -0.39 is 5.54 Å². The second-order valence-electron chi connectivity index (χ2n) is 6.42. The molecule has 3 aromatic rings. The second kappa shape index (κ2) is 6.52. The van der Waals surface area contributed by atoms with Crippen LogP contribution in [0.2, 0.25) is 0 Å². The lowest BCUT2D eigenvalue weighted by Crippen LogP contribution is -2.46. The van der Waals surface area contributed by atoms with Crippen molar-refractivity contribution in [2.75, 3.05) is 10.6 Å². The minimum atomic E-state index is -0.957. The number of nitrogens with one attached hydrogen (secondary N) is 2. The molecule has 2 atom stereocenters. The number of para-hydroxylation sites is 2. The van der Waals surface area contributed by atoms with Crippen molar-refractivity contribution < 1.29 is 4.79 Å². The first kappa shape index (κ1) is 16.2. The Labute approximate surface area is 153 Å². The summed E-state index contributed by atoms with van der Waals surface area (Å²) < 4.78 is 0. The maximum Gasteiger partial charge on any atom is 0.255 e. The average molecular weight is 340 g/mol. The number of hydrogen-bond donors (Lipinski definition) is 2. The zero-order valence-electron chi connectivity index (χ0n) is 14.4. The molecule has 0 aromatic heterocycles. The van der Waals surface area contributed by atoms with Crippen LogP contribution in [-0.2, 0) is 10.3 Å². The zero-order chi connectivity index (χ0) is 18.0. The van der Waals surface area contributed by atoms with Crippen molar-refractivity contribution in [2.24, 2.45) is 0 Å². The standard InChI is InChI=1S/C23H20N2O/c1-2-19(17-11-5-3-6-12-17)23(25-18-13-7-4-8-14-18)20-15-9-10-16-21(20)24-22(23)26/h2-16,19,25H,1H2,(H,24,26)/t19-,23+/m0/s1. The van der Waals surface area contributed by atoms with Crippen molar-refractivity contribution >= 4 is 17.3 Å². The Kier molecular flexibility index (Phi) is 4.05. The van der Waals surface area contributed by atoms with Crippen LogP contribution in [0.5, 0.6) is 0 Å². The summed E-state index contributed by atoms with van der Waals surface area (Å²) in [7, 11) is 0. The van der Waals surface area contributed by atoms with Crippen molar-refractivity contribution in [1.82, 2.24) is 0 Å². The first-order valence-electron chi connectivity index (χ1n) is 8.67. The molecule has 3 nitrogen and oxygen atoms in total. The molecule has 0 fully saturated rings. The van der Waals surface area contributed by atoms with Gasteiger partial charge in [0.1, 0.15) is 0 Å². The molecular formula is C23H20N2O. The van der Waals surface area contributed by atoms with Crippen LogP contribution in [-0.4, -0.2) is 5.91 Å². The summed E-state index contributed by atoms with van der Waals surface area (Å²) in [6, 6.07) is 27.7. The van der Waals surface area contributed by atoms with E-state index in [-0.39, 0.29) is 11.8 Å². The molecule has 3 heteroatoms.